The maximum atomic E-state index is 5.23. The first kappa shape index (κ1) is 23.4. The van der Waals surface area contributed by atoms with Gasteiger partial charge >= 0.3 is 0 Å². The van der Waals surface area contributed by atoms with Crippen LogP contribution in [0.25, 0.3) is 0 Å². The Kier molecular flexibility index (Phi) is 9.19. The van der Waals surface area contributed by atoms with Gasteiger partial charge in [-0.05, 0) is 49.8 Å². The molecule has 2 heterocycles. The van der Waals surface area contributed by atoms with E-state index in [-0.39, 0.29) is 24.0 Å². The largest absolute Gasteiger partial charge is 0.497 e. The summed E-state index contributed by atoms with van der Waals surface area (Å²) in [5, 5.41) is 11.9. The lowest BCUT2D eigenvalue weighted by atomic mass is 10.0. The quantitative estimate of drug-likeness (QED) is 0.366. The van der Waals surface area contributed by atoms with Gasteiger partial charge in [-0.25, -0.2) is 4.99 Å². The molecule has 0 amide bonds. The lowest BCUT2D eigenvalue weighted by molar-refractivity contribution is 0.265. The van der Waals surface area contributed by atoms with Crippen molar-refractivity contribution in [1.29, 1.82) is 0 Å². The predicted molar refractivity (Wildman–Crippen MR) is 127 cm³/mol. The van der Waals surface area contributed by atoms with Gasteiger partial charge in [0.1, 0.15) is 18.1 Å². The Morgan fingerprint density at radius 3 is 2.66 bits per heavy atom. The summed E-state index contributed by atoms with van der Waals surface area (Å²) in [5.74, 6) is 4.35. The molecule has 2 aromatic rings. The maximum absolute atomic E-state index is 5.23. The van der Waals surface area contributed by atoms with Gasteiger partial charge < -0.3 is 19.5 Å². The van der Waals surface area contributed by atoms with Crippen molar-refractivity contribution in [2.75, 3.05) is 26.7 Å². The number of ether oxygens (including phenoxy) is 1. The predicted octanol–water partition coefficient (Wildman–Crippen LogP) is 3.17. The minimum Gasteiger partial charge on any atom is -0.497 e. The number of benzene rings is 1. The molecule has 160 valence electrons. The topological polar surface area (TPSA) is 67.6 Å². The first-order valence-electron chi connectivity index (χ1n) is 10.1. The highest BCUT2D eigenvalue weighted by Gasteiger charge is 2.19. The van der Waals surface area contributed by atoms with Crippen molar-refractivity contribution in [1.82, 2.24) is 25.0 Å². The van der Waals surface area contributed by atoms with Crippen LogP contribution >= 0.6 is 24.0 Å². The van der Waals surface area contributed by atoms with Crippen LogP contribution in [0, 0.1) is 12.8 Å². The highest BCUT2D eigenvalue weighted by molar-refractivity contribution is 14.0. The smallest absolute Gasteiger partial charge is 0.194 e. The van der Waals surface area contributed by atoms with E-state index in [2.05, 4.69) is 39.5 Å². The molecule has 29 heavy (non-hydrogen) atoms. The molecule has 0 saturated carbocycles. The molecule has 3 rings (SSSR count). The van der Waals surface area contributed by atoms with Crippen molar-refractivity contribution in [3.05, 3.63) is 41.5 Å². The van der Waals surface area contributed by atoms with Crippen molar-refractivity contribution in [2.24, 2.45) is 18.0 Å². The van der Waals surface area contributed by atoms with Gasteiger partial charge in [0.05, 0.1) is 7.11 Å². The standard InChI is InChI=1S/C21H32N6O.HI/c1-16-6-5-13-27(15-16)21(23-14-20-25-24-17(2)26(20)3)22-12-11-18-7-9-19(28-4)10-8-18;/h7-10,16H,5-6,11-15H2,1-4H3,(H,22,23);1H. The molecule has 1 aromatic heterocycles. The van der Waals surface area contributed by atoms with E-state index in [0.29, 0.717) is 12.5 Å². The highest BCUT2D eigenvalue weighted by Crippen LogP contribution is 2.16. The molecular formula is C21H33IN6O. The van der Waals surface area contributed by atoms with E-state index >= 15 is 0 Å². The number of aromatic nitrogens is 3. The minimum atomic E-state index is 0. The number of rotatable bonds is 6. The highest BCUT2D eigenvalue weighted by atomic mass is 127. The molecule has 1 N–H and O–H groups in total. The Balaban J connectivity index is 0.00000300. The third kappa shape index (κ3) is 6.58. The van der Waals surface area contributed by atoms with E-state index in [0.717, 1.165) is 49.4 Å². The van der Waals surface area contributed by atoms with Crippen molar-refractivity contribution in [3.8, 4) is 5.75 Å². The van der Waals surface area contributed by atoms with Gasteiger partial charge in [-0.1, -0.05) is 19.1 Å². The summed E-state index contributed by atoms with van der Waals surface area (Å²) in [5.41, 5.74) is 1.28. The zero-order chi connectivity index (χ0) is 19.9. The first-order valence-corrected chi connectivity index (χ1v) is 10.1. The van der Waals surface area contributed by atoms with Crippen LogP contribution in [0.15, 0.2) is 29.3 Å². The number of piperidine rings is 1. The summed E-state index contributed by atoms with van der Waals surface area (Å²) in [6, 6.07) is 8.24. The van der Waals surface area contributed by atoms with E-state index in [1.165, 1.54) is 18.4 Å². The summed E-state index contributed by atoms with van der Waals surface area (Å²) in [7, 11) is 3.68. The van der Waals surface area contributed by atoms with Crippen molar-refractivity contribution in [2.45, 2.75) is 39.7 Å². The molecular weight excluding hydrogens is 479 g/mol. The van der Waals surface area contributed by atoms with Gasteiger partial charge in [0.25, 0.3) is 0 Å². The second kappa shape index (κ2) is 11.4. The van der Waals surface area contributed by atoms with Gasteiger partial charge in [0.15, 0.2) is 11.8 Å². The Morgan fingerprint density at radius 2 is 2.03 bits per heavy atom. The lowest BCUT2D eigenvalue weighted by Crippen LogP contribution is -2.46. The summed E-state index contributed by atoms with van der Waals surface area (Å²) in [6.07, 6.45) is 3.44. The Labute approximate surface area is 191 Å². The molecule has 1 unspecified atom stereocenters. The monoisotopic (exact) mass is 512 g/mol. The fourth-order valence-corrected chi connectivity index (χ4v) is 3.49. The zero-order valence-electron chi connectivity index (χ0n) is 17.9. The third-order valence-corrected chi connectivity index (χ3v) is 5.37. The molecule has 0 spiro atoms. The van der Waals surface area contributed by atoms with E-state index in [9.17, 15) is 0 Å². The Hall–Kier alpha value is -1.84. The van der Waals surface area contributed by atoms with Crippen molar-refractivity contribution < 1.29 is 4.74 Å². The molecule has 0 bridgehead atoms. The number of guanidine groups is 1. The van der Waals surface area contributed by atoms with Gasteiger partial charge in [0, 0.05) is 26.7 Å². The van der Waals surface area contributed by atoms with Crippen LogP contribution in [-0.2, 0) is 20.0 Å². The summed E-state index contributed by atoms with van der Waals surface area (Å²) >= 11 is 0. The molecule has 1 aliphatic rings. The summed E-state index contributed by atoms with van der Waals surface area (Å²) in [4.78, 5) is 7.25. The molecule has 1 atom stereocenters. The SMILES string of the molecule is COc1ccc(CCNC(=NCc2nnc(C)n2C)N2CCCC(C)C2)cc1.I. The van der Waals surface area contributed by atoms with Gasteiger partial charge in [-0.3, -0.25) is 0 Å². The van der Waals surface area contributed by atoms with Gasteiger partial charge in [0.2, 0.25) is 0 Å². The number of likely N-dealkylation sites (tertiary alicyclic amines) is 1. The molecule has 1 saturated heterocycles. The Bertz CT molecular complexity index is 789. The number of hydrogen-bond acceptors (Lipinski definition) is 4. The van der Waals surface area contributed by atoms with Crippen LogP contribution in [-0.4, -0.2) is 52.4 Å². The maximum Gasteiger partial charge on any atom is 0.194 e. The molecule has 1 aliphatic heterocycles. The average molecular weight is 512 g/mol. The lowest BCUT2D eigenvalue weighted by Gasteiger charge is -2.33. The first-order chi connectivity index (χ1) is 13.6. The fourth-order valence-electron chi connectivity index (χ4n) is 3.49. The van der Waals surface area contributed by atoms with E-state index in [1.807, 2.05) is 30.7 Å². The summed E-state index contributed by atoms with van der Waals surface area (Å²) in [6.45, 7) is 7.75. The molecule has 0 aliphatic carbocycles. The second-order valence-corrected chi connectivity index (χ2v) is 7.58. The molecule has 0 radical (unpaired) electrons. The van der Waals surface area contributed by atoms with E-state index in [1.54, 1.807) is 7.11 Å². The minimum absolute atomic E-state index is 0. The summed E-state index contributed by atoms with van der Waals surface area (Å²) < 4.78 is 7.23. The normalized spacial score (nSPS) is 17.0. The number of aliphatic imine (C=N–C) groups is 1. The van der Waals surface area contributed by atoms with Gasteiger partial charge in [-0.2, -0.15) is 0 Å². The van der Waals surface area contributed by atoms with Crippen molar-refractivity contribution >= 4 is 29.9 Å². The van der Waals surface area contributed by atoms with Crippen LogP contribution in [0.5, 0.6) is 5.75 Å². The van der Waals surface area contributed by atoms with Crippen LogP contribution in [0.1, 0.15) is 37.0 Å². The third-order valence-electron chi connectivity index (χ3n) is 5.37. The van der Waals surface area contributed by atoms with Crippen LogP contribution in [0.4, 0.5) is 0 Å². The number of hydrogen-bond donors (Lipinski definition) is 1. The number of nitrogens with one attached hydrogen (secondary N) is 1. The number of halogens is 1. The molecule has 1 fully saturated rings. The number of nitrogens with zero attached hydrogens (tertiary/aromatic N) is 5. The van der Waals surface area contributed by atoms with E-state index in [4.69, 9.17) is 9.73 Å². The number of methoxy groups -OCH3 is 1. The number of aryl methyl sites for hydroxylation is 1. The van der Waals surface area contributed by atoms with Crippen molar-refractivity contribution in [3.63, 3.8) is 0 Å². The Morgan fingerprint density at radius 1 is 1.28 bits per heavy atom. The van der Waals surface area contributed by atoms with Crippen LogP contribution in [0.2, 0.25) is 0 Å². The molecule has 7 nitrogen and oxygen atoms in total. The second-order valence-electron chi connectivity index (χ2n) is 7.58. The van der Waals surface area contributed by atoms with Gasteiger partial charge in [-0.15, -0.1) is 34.2 Å². The molecule has 8 heteroatoms. The van der Waals surface area contributed by atoms with E-state index < -0.39 is 0 Å². The molecule has 1 aromatic carbocycles. The van der Waals surface area contributed by atoms with Crippen LogP contribution < -0.4 is 10.1 Å². The average Bonchev–Trinajstić information content (AvgIpc) is 3.03. The fraction of sp³-hybridized carbons (Fsp3) is 0.571. The van der Waals surface area contributed by atoms with Crippen LogP contribution in [0.3, 0.4) is 0 Å². The zero-order valence-corrected chi connectivity index (χ0v) is 20.2.